The van der Waals surface area contributed by atoms with Crippen molar-refractivity contribution in [3.05, 3.63) is 29.8 Å². The maximum absolute atomic E-state index is 12.9. The summed E-state index contributed by atoms with van der Waals surface area (Å²) in [5.41, 5.74) is 1.35. The van der Waals surface area contributed by atoms with Crippen molar-refractivity contribution in [1.29, 1.82) is 0 Å². The van der Waals surface area contributed by atoms with Gasteiger partial charge in [0.25, 0.3) is 5.91 Å². The van der Waals surface area contributed by atoms with Gasteiger partial charge in [-0.3, -0.25) is 24.0 Å². The van der Waals surface area contributed by atoms with Gasteiger partial charge in [-0.05, 0) is 19.1 Å². The average molecular weight is 423 g/mol. The molecule has 0 aliphatic heterocycles. The summed E-state index contributed by atoms with van der Waals surface area (Å²) in [4.78, 5) is 58.8. The van der Waals surface area contributed by atoms with Gasteiger partial charge in [-0.1, -0.05) is 17.7 Å². The van der Waals surface area contributed by atoms with E-state index >= 15 is 0 Å². The molecule has 0 saturated heterocycles. The van der Waals surface area contributed by atoms with Crippen molar-refractivity contribution in [3.63, 3.8) is 0 Å². The van der Waals surface area contributed by atoms with Gasteiger partial charge in [0.05, 0.1) is 0 Å². The van der Waals surface area contributed by atoms with E-state index in [1.54, 1.807) is 24.3 Å². The number of anilines is 1. The summed E-state index contributed by atoms with van der Waals surface area (Å²) in [7, 11) is 0. The first-order valence-electron chi connectivity index (χ1n) is 9.02. The van der Waals surface area contributed by atoms with Crippen LogP contribution < -0.4 is 5.32 Å². The quantitative estimate of drug-likeness (QED) is 0.460. The summed E-state index contributed by atoms with van der Waals surface area (Å²) < 4.78 is 20.2. The molecule has 10 heteroatoms. The molecule has 0 radical (unpaired) electrons. The molecule has 0 saturated carbocycles. The smallest absolute Gasteiger partial charge is 0.303 e. The molecule has 0 fully saturated rings. The van der Waals surface area contributed by atoms with E-state index in [9.17, 15) is 24.0 Å². The van der Waals surface area contributed by atoms with Crippen molar-refractivity contribution < 1.29 is 42.9 Å². The summed E-state index contributed by atoms with van der Waals surface area (Å²) in [6, 6.07) is 6.76. The molecule has 1 aromatic rings. The minimum absolute atomic E-state index is 0.397. The van der Waals surface area contributed by atoms with E-state index in [1.165, 1.54) is 0 Å². The number of esters is 4. The molecular weight excluding hydrogens is 398 g/mol. The molecule has 1 rings (SSSR count). The summed E-state index contributed by atoms with van der Waals surface area (Å²) in [6.07, 6.45) is -4.66. The lowest BCUT2D eigenvalue weighted by Gasteiger charge is -2.30. The van der Waals surface area contributed by atoms with Crippen molar-refractivity contribution in [2.75, 3.05) is 11.9 Å². The number of carbonyl (C=O) groups is 5. The molecule has 1 aromatic carbocycles. The molecule has 0 unspecified atom stereocenters. The average Bonchev–Trinajstić information content (AvgIpc) is 2.62. The second kappa shape index (κ2) is 11.5. The molecule has 0 aliphatic rings. The first-order valence-corrected chi connectivity index (χ1v) is 9.02. The Morgan fingerprint density at radius 3 is 1.80 bits per heavy atom. The molecule has 164 valence electrons. The highest BCUT2D eigenvalue weighted by atomic mass is 16.6. The number of carbonyl (C=O) groups excluding carboxylic acids is 5. The fourth-order valence-electron chi connectivity index (χ4n) is 2.43. The molecule has 3 atom stereocenters. The van der Waals surface area contributed by atoms with Gasteiger partial charge in [0.1, 0.15) is 6.61 Å². The molecule has 30 heavy (non-hydrogen) atoms. The van der Waals surface area contributed by atoms with Crippen LogP contribution >= 0.6 is 0 Å². The topological polar surface area (TPSA) is 134 Å². The molecule has 0 aromatic heterocycles. The Kier molecular flexibility index (Phi) is 9.47. The molecule has 1 N–H and O–H groups in total. The van der Waals surface area contributed by atoms with Crippen LogP contribution in [0.5, 0.6) is 0 Å². The Bertz CT molecular complexity index is 788. The fraction of sp³-hybridized carbons (Fsp3) is 0.450. The second-order valence-electron chi connectivity index (χ2n) is 6.41. The van der Waals surface area contributed by atoms with E-state index in [-0.39, 0.29) is 0 Å². The highest BCUT2D eigenvalue weighted by Gasteiger charge is 2.42. The van der Waals surface area contributed by atoms with Crippen molar-refractivity contribution in [2.45, 2.75) is 52.9 Å². The van der Waals surface area contributed by atoms with Crippen LogP contribution in [0, 0.1) is 6.92 Å². The summed E-state index contributed by atoms with van der Waals surface area (Å²) in [6.45, 7) is 5.67. The van der Waals surface area contributed by atoms with Crippen LogP contribution in [0.4, 0.5) is 5.69 Å². The lowest BCUT2D eigenvalue weighted by atomic mass is 10.1. The normalized spacial score (nSPS) is 13.2. The third-order valence-corrected chi connectivity index (χ3v) is 3.61. The fourth-order valence-corrected chi connectivity index (χ4v) is 2.43. The second-order valence-corrected chi connectivity index (χ2v) is 6.41. The SMILES string of the molecule is CC(=O)OC[C@H](OC(C)=O)[C@@H](OC(C)=O)[C@H](OC(C)=O)C(=O)Nc1ccc(C)cc1. The predicted octanol–water partition coefficient (Wildman–Crippen LogP) is 1.29. The van der Waals surface area contributed by atoms with Gasteiger partial charge in [0.2, 0.25) is 6.10 Å². The number of amides is 1. The van der Waals surface area contributed by atoms with Crippen molar-refractivity contribution >= 4 is 35.5 Å². The number of hydrogen-bond donors (Lipinski definition) is 1. The third-order valence-electron chi connectivity index (χ3n) is 3.61. The predicted molar refractivity (Wildman–Crippen MR) is 103 cm³/mol. The minimum atomic E-state index is -1.69. The van der Waals surface area contributed by atoms with E-state index in [4.69, 9.17) is 18.9 Å². The minimum Gasteiger partial charge on any atom is -0.462 e. The Labute approximate surface area is 173 Å². The van der Waals surface area contributed by atoms with Crippen LogP contribution in [0.3, 0.4) is 0 Å². The van der Waals surface area contributed by atoms with Crippen molar-refractivity contribution in [3.8, 4) is 0 Å². The maximum Gasteiger partial charge on any atom is 0.303 e. The molecular formula is C20H25NO9. The molecule has 0 bridgehead atoms. The maximum atomic E-state index is 12.9. The van der Waals surface area contributed by atoms with Gasteiger partial charge in [-0.2, -0.15) is 0 Å². The molecule has 1 amide bonds. The first kappa shape index (κ1) is 24.6. The van der Waals surface area contributed by atoms with Crippen LogP contribution in [0.15, 0.2) is 24.3 Å². The zero-order valence-electron chi connectivity index (χ0n) is 17.4. The number of benzene rings is 1. The van der Waals surface area contributed by atoms with Crippen LogP contribution in [0.1, 0.15) is 33.3 Å². The summed E-state index contributed by atoms with van der Waals surface area (Å²) >= 11 is 0. The molecule has 0 aliphatic carbocycles. The summed E-state index contributed by atoms with van der Waals surface area (Å²) in [5.74, 6) is -3.99. The Morgan fingerprint density at radius 2 is 1.33 bits per heavy atom. The van der Waals surface area contributed by atoms with E-state index in [1.807, 2.05) is 6.92 Å². The third kappa shape index (κ3) is 8.72. The van der Waals surface area contributed by atoms with Crippen molar-refractivity contribution in [2.24, 2.45) is 0 Å². The Balaban J connectivity index is 3.25. The largest absolute Gasteiger partial charge is 0.462 e. The molecule has 10 nitrogen and oxygen atoms in total. The van der Waals surface area contributed by atoms with Gasteiger partial charge >= 0.3 is 23.9 Å². The van der Waals surface area contributed by atoms with Gasteiger partial charge in [-0.25, -0.2) is 0 Å². The zero-order chi connectivity index (χ0) is 22.8. The zero-order valence-corrected chi connectivity index (χ0v) is 17.4. The van der Waals surface area contributed by atoms with Crippen LogP contribution in [0.25, 0.3) is 0 Å². The molecule has 0 spiro atoms. The number of aryl methyl sites for hydroxylation is 1. The Hall–Kier alpha value is -3.43. The van der Waals surface area contributed by atoms with Crippen LogP contribution in [-0.4, -0.2) is 54.7 Å². The Morgan fingerprint density at radius 1 is 0.800 bits per heavy atom. The summed E-state index contributed by atoms with van der Waals surface area (Å²) in [5, 5.41) is 2.55. The molecule has 0 heterocycles. The van der Waals surface area contributed by atoms with Gasteiger partial charge in [0.15, 0.2) is 12.2 Å². The standard InChI is InChI=1S/C20H25NO9/c1-11-6-8-16(9-7-11)21-20(26)19(30-15(5)25)18(29-14(4)24)17(28-13(3)23)10-27-12(2)22/h6-9,17-19H,10H2,1-5H3,(H,21,26)/t17-,18+,19-/m0/s1. The van der Waals surface area contributed by atoms with Crippen LogP contribution in [-0.2, 0) is 42.9 Å². The van der Waals surface area contributed by atoms with E-state index in [0.717, 1.165) is 33.3 Å². The number of hydrogen-bond acceptors (Lipinski definition) is 9. The van der Waals surface area contributed by atoms with Gasteiger partial charge in [0, 0.05) is 33.4 Å². The van der Waals surface area contributed by atoms with E-state index in [2.05, 4.69) is 5.32 Å². The van der Waals surface area contributed by atoms with Gasteiger partial charge in [-0.15, -0.1) is 0 Å². The lowest BCUT2D eigenvalue weighted by Crippen LogP contribution is -2.52. The monoisotopic (exact) mass is 423 g/mol. The van der Waals surface area contributed by atoms with Crippen LogP contribution in [0.2, 0.25) is 0 Å². The van der Waals surface area contributed by atoms with Crippen molar-refractivity contribution in [1.82, 2.24) is 0 Å². The number of ether oxygens (including phenoxy) is 4. The number of nitrogens with one attached hydrogen (secondary N) is 1. The lowest BCUT2D eigenvalue weighted by molar-refractivity contribution is -0.190. The highest BCUT2D eigenvalue weighted by molar-refractivity contribution is 5.96. The highest BCUT2D eigenvalue weighted by Crippen LogP contribution is 2.18. The van der Waals surface area contributed by atoms with E-state index in [0.29, 0.717) is 5.69 Å². The van der Waals surface area contributed by atoms with Gasteiger partial charge < -0.3 is 24.3 Å². The number of rotatable bonds is 9. The first-order chi connectivity index (χ1) is 14.0. The van der Waals surface area contributed by atoms with E-state index < -0.39 is 54.7 Å².